The van der Waals surface area contributed by atoms with E-state index in [2.05, 4.69) is 10.6 Å². The van der Waals surface area contributed by atoms with E-state index in [1.165, 1.54) is 44.9 Å². The molecule has 0 spiro atoms. The average molecular weight is 211 g/mol. The first-order valence-electron chi connectivity index (χ1n) is 6.53. The lowest BCUT2D eigenvalue weighted by Crippen LogP contribution is -2.60. The Balaban J connectivity index is 1.87. The van der Waals surface area contributed by atoms with Crippen LogP contribution in [0.25, 0.3) is 0 Å². The molecule has 0 bridgehead atoms. The zero-order chi connectivity index (χ0) is 10.6. The van der Waals surface area contributed by atoms with Gasteiger partial charge in [-0.3, -0.25) is 0 Å². The minimum atomic E-state index is 0.243. The van der Waals surface area contributed by atoms with Crippen LogP contribution >= 0.6 is 0 Å². The Morgan fingerprint density at radius 3 is 2.40 bits per heavy atom. The Morgan fingerprint density at radius 2 is 1.80 bits per heavy atom. The molecule has 15 heavy (non-hydrogen) atoms. The fraction of sp³-hybridized carbons (Fsp3) is 1.00. The van der Waals surface area contributed by atoms with Gasteiger partial charge in [-0.2, -0.15) is 0 Å². The van der Waals surface area contributed by atoms with Gasteiger partial charge in [0.05, 0.1) is 0 Å². The Kier molecular flexibility index (Phi) is 4.00. The van der Waals surface area contributed by atoms with Crippen LogP contribution in [0.2, 0.25) is 0 Å². The first kappa shape index (κ1) is 11.4. The number of hydrogen-bond acceptors (Lipinski definition) is 3. The van der Waals surface area contributed by atoms with Gasteiger partial charge in [-0.05, 0) is 38.8 Å². The fourth-order valence-corrected chi connectivity index (χ4v) is 2.99. The van der Waals surface area contributed by atoms with Crippen molar-refractivity contribution in [1.29, 1.82) is 0 Å². The van der Waals surface area contributed by atoms with E-state index in [1.807, 2.05) is 0 Å². The van der Waals surface area contributed by atoms with E-state index >= 15 is 0 Å². The molecule has 1 heterocycles. The lowest BCUT2D eigenvalue weighted by molar-refractivity contribution is 0.202. The highest BCUT2D eigenvalue weighted by Gasteiger charge is 2.32. The van der Waals surface area contributed by atoms with Crippen molar-refractivity contribution < 1.29 is 0 Å². The molecule has 88 valence electrons. The summed E-state index contributed by atoms with van der Waals surface area (Å²) in [5, 5.41) is 7.27. The molecule has 0 aromatic carbocycles. The maximum absolute atomic E-state index is 5.97. The largest absolute Gasteiger partial charge is 0.329 e. The normalized spacial score (nSPS) is 27.8. The molecule has 1 aliphatic heterocycles. The van der Waals surface area contributed by atoms with Crippen LogP contribution < -0.4 is 16.4 Å². The molecule has 2 aliphatic rings. The quantitative estimate of drug-likeness (QED) is 0.652. The summed E-state index contributed by atoms with van der Waals surface area (Å²) in [6.45, 7) is 3.04. The van der Waals surface area contributed by atoms with Gasteiger partial charge < -0.3 is 16.4 Å². The van der Waals surface area contributed by atoms with Crippen LogP contribution in [0.15, 0.2) is 0 Å². The van der Waals surface area contributed by atoms with Crippen LogP contribution in [-0.4, -0.2) is 31.2 Å². The van der Waals surface area contributed by atoms with Crippen LogP contribution in [0, 0.1) is 0 Å². The first-order valence-corrected chi connectivity index (χ1v) is 6.53. The second-order valence-corrected chi connectivity index (χ2v) is 5.21. The molecule has 1 saturated heterocycles. The number of piperidine rings is 1. The molecule has 2 rings (SSSR count). The maximum Gasteiger partial charge on any atom is 0.0330 e. The highest BCUT2D eigenvalue weighted by atomic mass is 15.1. The Morgan fingerprint density at radius 1 is 1.13 bits per heavy atom. The van der Waals surface area contributed by atoms with Crippen molar-refractivity contribution in [3.8, 4) is 0 Å². The topological polar surface area (TPSA) is 50.1 Å². The third-order valence-electron chi connectivity index (χ3n) is 4.07. The van der Waals surface area contributed by atoms with Gasteiger partial charge in [0, 0.05) is 18.1 Å². The van der Waals surface area contributed by atoms with Crippen molar-refractivity contribution in [3.05, 3.63) is 0 Å². The van der Waals surface area contributed by atoms with Crippen molar-refractivity contribution in [3.63, 3.8) is 0 Å². The molecule has 4 N–H and O–H groups in total. The van der Waals surface area contributed by atoms with Gasteiger partial charge in [0.15, 0.2) is 0 Å². The van der Waals surface area contributed by atoms with E-state index < -0.39 is 0 Å². The van der Waals surface area contributed by atoms with Gasteiger partial charge in [0.2, 0.25) is 0 Å². The molecule has 3 nitrogen and oxygen atoms in total. The Labute approximate surface area is 93.2 Å². The SMILES string of the molecule is NCC1(NC2CCCCC2)CCNCC1. The van der Waals surface area contributed by atoms with E-state index in [9.17, 15) is 0 Å². The second kappa shape index (κ2) is 5.28. The summed E-state index contributed by atoms with van der Waals surface area (Å²) in [5.41, 5.74) is 6.21. The van der Waals surface area contributed by atoms with Crippen molar-refractivity contribution in [2.45, 2.75) is 56.5 Å². The second-order valence-electron chi connectivity index (χ2n) is 5.21. The van der Waals surface area contributed by atoms with E-state index in [0.29, 0.717) is 0 Å². The van der Waals surface area contributed by atoms with Crippen molar-refractivity contribution >= 4 is 0 Å². The minimum absolute atomic E-state index is 0.243. The Bertz CT molecular complexity index is 181. The summed E-state index contributed by atoms with van der Waals surface area (Å²) in [7, 11) is 0. The van der Waals surface area contributed by atoms with Gasteiger partial charge in [-0.1, -0.05) is 19.3 Å². The predicted octanol–water partition coefficient (Wildman–Crippen LogP) is 0.990. The van der Waals surface area contributed by atoms with Gasteiger partial charge in [-0.25, -0.2) is 0 Å². The lowest BCUT2D eigenvalue weighted by Gasteiger charge is -2.41. The molecule has 0 aromatic rings. The number of nitrogens with two attached hydrogens (primary N) is 1. The van der Waals surface area contributed by atoms with Gasteiger partial charge >= 0.3 is 0 Å². The minimum Gasteiger partial charge on any atom is -0.329 e. The summed E-state index contributed by atoms with van der Waals surface area (Å²) in [6, 6.07) is 0.736. The monoisotopic (exact) mass is 211 g/mol. The molecule has 0 atom stereocenters. The van der Waals surface area contributed by atoms with Crippen molar-refractivity contribution in [1.82, 2.24) is 10.6 Å². The van der Waals surface area contributed by atoms with Crippen LogP contribution in [0.4, 0.5) is 0 Å². The summed E-state index contributed by atoms with van der Waals surface area (Å²) in [5.74, 6) is 0. The van der Waals surface area contributed by atoms with Crippen LogP contribution in [-0.2, 0) is 0 Å². The first-order chi connectivity index (χ1) is 7.35. The third-order valence-corrected chi connectivity index (χ3v) is 4.07. The molecule has 0 unspecified atom stereocenters. The number of nitrogens with one attached hydrogen (secondary N) is 2. The van der Waals surface area contributed by atoms with Crippen LogP contribution in [0.1, 0.15) is 44.9 Å². The number of rotatable bonds is 3. The molecule has 2 fully saturated rings. The van der Waals surface area contributed by atoms with Gasteiger partial charge in [0.25, 0.3) is 0 Å². The fourth-order valence-electron chi connectivity index (χ4n) is 2.99. The molecule has 0 amide bonds. The highest BCUT2D eigenvalue weighted by Crippen LogP contribution is 2.23. The summed E-state index contributed by atoms with van der Waals surface area (Å²) in [4.78, 5) is 0. The smallest absolute Gasteiger partial charge is 0.0330 e. The zero-order valence-corrected chi connectivity index (χ0v) is 9.73. The van der Waals surface area contributed by atoms with Gasteiger partial charge in [-0.15, -0.1) is 0 Å². The number of hydrogen-bond donors (Lipinski definition) is 3. The molecular formula is C12H25N3. The third kappa shape index (κ3) is 2.92. The van der Waals surface area contributed by atoms with E-state index in [1.54, 1.807) is 0 Å². The van der Waals surface area contributed by atoms with E-state index in [4.69, 9.17) is 5.73 Å². The zero-order valence-electron chi connectivity index (χ0n) is 9.73. The van der Waals surface area contributed by atoms with Crippen molar-refractivity contribution in [2.24, 2.45) is 5.73 Å². The van der Waals surface area contributed by atoms with E-state index in [-0.39, 0.29) is 5.54 Å². The molecule has 0 radical (unpaired) electrons. The average Bonchev–Trinajstić information content (AvgIpc) is 2.32. The molecule has 1 saturated carbocycles. The molecule has 0 aromatic heterocycles. The van der Waals surface area contributed by atoms with Crippen LogP contribution in [0.5, 0.6) is 0 Å². The molecule has 1 aliphatic carbocycles. The maximum atomic E-state index is 5.97. The van der Waals surface area contributed by atoms with Crippen LogP contribution in [0.3, 0.4) is 0 Å². The predicted molar refractivity (Wildman–Crippen MR) is 63.9 cm³/mol. The standard InChI is InChI=1S/C12H25N3/c13-10-12(6-8-14-9-7-12)15-11-4-2-1-3-5-11/h11,14-15H,1-10,13H2. The Hall–Kier alpha value is -0.120. The van der Waals surface area contributed by atoms with Crippen molar-refractivity contribution in [2.75, 3.05) is 19.6 Å². The lowest BCUT2D eigenvalue weighted by atomic mass is 9.85. The summed E-state index contributed by atoms with van der Waals surface area (Å²) >= 11 is 0. The highest BCUT2D eigenvalue weighted by molar-refractivity contribution is 4.95. The van der Waals surface area contributed by atoms with Gasteiger partial charge in [0.1, 0.15) is 0 Å². The molecular weight excluding hydrogens is 186 g/mol. The molecule has 3 heteroatoms. The summed E-state index contributed by atoms with van der Waals surface area (Å²) < 4.78 is 0. The summed E-state index contributed by atoms with van der Waals surface area (Å²) in [6.07, 6.45) is 9.33. The van der Waals surface area contributed by atoms with E-state index in [0.717, 1.165) is 25.7 Å².